The third kappa shape index (κ3) is 3.51. The maximum absolute atomic E-state index is 12.6. The number of hydrogen-bond donors (Lipinski definition) is 1. The highest BCUT2D eigenvalue weighted by atomic mass is 19.3. The summed E-state index contributed by atoms with van der Waals surface area (Å²) in [7, 11) is 1.28. The Hall–Kier alpha value is -2.02. The van der Waals surface area contributed by atoms with Gasteiger partial charge in [0.05, 0.1) is 32.3 Å². The summed E-state index contributed by atoms with van der Waals surface area (Å²) in [6.07, 6.45) is 0. The molecule has 0 unspecified atom stereocenters. The third-order valence-electron chi connectivity index (χ3n) is 2.87. The minimum atomic E-state index is -2.68. The standard InChI is InChI=1S/C13H14F2N2O3/c1-20-12(19)9-2-4-10(5-3-9)16-11(18)6-17-7-13(14,15)8-17/h2-5H,6-8H2,1H3,(H,16,18). The zero-order valence-electron chi connectivity index (χ0n) is 10.9. The predicted molar refractivity (Wildman–Crippen MR) is 67.8 cm³/mol. The summed E-state index contributed by atoms with van der Waals surface area (Å²) in [6, 6.07) is 6.13. The van der Waals surface area contributed by atoms with E-state index in [0.29, 0.717) is 11.3 Å². The van der Waals surface area contributed by atoms with E-state index in [4.69, 9.17) is 0 Å². The number of anilines is 1. The third-order valence-corrected chi connectivity index (χ3v) is 2.87. The van der Waals surface area contributed by atoms with Gasteiger partial charge in [0.25, 0.3) is 5.92 Å². The van der Waals surface area contributed by atoms with Crippen molar-refractivity contribution in [3.8, 4) is 0 Å². The molecule has 20 heavy (non-hydrogen) atoms. The summed E-state index contributed by atoms with van der Waals surface area (Å²) in [4.78, 5) is 24.2. The number of rotatable bonds is 4. The number of amides is 1. The molecule has 1 aliphatic heterocycles. The Kier molecular flexibility index (Phi) is 3.99. The molecule has 1 fully saturated rings. The number of nitrogens with zero attached hydrogens (tertiary/aromatic N) is 1. The lowest BCUT2D eigenvalue weighted by Gasteiger charge is -2.37. The van der Waals surface area contributed by atoms with Crippen LogP contribution in [0.2, 0.25) is 0 Å². The highest BCUT2D eigenvalue weighted by Crippen LogP contribution is 2.26. The van der Waals surface area contributed by atoms with Gasteiger partial charge in [0.2, 0.25) is 5.91 Å². The van der Waals surface area contributed by atoms with Crippen molar-refractivity contribution in [3.05, 3.63) is 29.8 Å². The molecule has 0 saturated carbocycles. The predicted octanol–water partition coefficient (Wildman–Crippen LogP) is 1.36. The quantitative estimate of drug-likeness (QED) is 0.848. The first-order valence-electron chi connectivity index (χ1n) is 5.98. The van der Waals surface area contributed by atoms with E-state index in [1.165, 1.54) is 24.1 Å². The van der Waals surface area contributed by atoms with E-state index >= 15 is 0 Å². The maximum Gasteiger partial charge on any atom is 0.337 e. The Labute approximate surface area is 114 Å². The summed E-state index contributed by atoms with van der Waals surface area (Å²) >= 11 is 0. The molecule has 1 aliphatic rings. The minimum Gasteiger partial charge on any atom is -0.465 e. The van der Waals surface area contributed by atoms with E-state index in [0.717, 1.165) is 0 Å². The average Bonchev–Trinajstić information content (AvgIpc) is 2.36. The van der Waals surface area contributed by atoms with Crippen LogP contribution in [0.4, 0.5) is 14.5 Å². The number of benzene rings is 1. The van der Waals surface area contributed by atoms with Crippen molar-refractivity contribution in [3.63, 3.8) is 0 Å². The zero-order valence-corrected chi connectivity index (χ0v) is 10.9. The first-order valence-corrected chi connectivity index (χ1v) is 5.98. The highest BCUT2D eigenvalue weighted by molar-refractivity contribution is 5.94. The van der Waals surface area contributed by atoms with Crippen LogP contribution in [0.3, 0.4) is 0 Å². The molecule has 1 aromatic carbocycles. The van der Waals surface area contributed by atoms with Gasteiger partial charge >= 0.3 is 5.97 Å². The van der Waals surface area contributed by atoms with Gasteiger partial charge in [0, 0.05) is 5.69 Å². The van der Waals surface area contributed by atoms with Crippen LogP contribution in [0, 0.1) is 0 Å². The number of nitrogens with one attached hydrogen (secondary N) is 1. The van der Waals surface area contributed by atoms with Crippen LogP contribution in [0.15, 0.2) is 24.3 Å². The summed E-state index contributed by atoms with van der Waals surface area (Å²) in [6.45, 7) is -0.849. The lowest BCUT2D eigenvalue weighted by Crippen LogP contribution is -2.57. The van der Waals surface area contributed by atoms with Crippen LogP contribution in [-0.2, 0) is 9.53 Å². The normalized spacial score (nSPS) is 17.1. The van der Waals surface area contributed by atoms with Crippen molar-refractivity contribution in [1.29, 1.82) is 0 Å². The van der Waals surface area contributed by atoms with E-state index in [-0.39, 0.29) is 25.5 Å². The van der Waals surface area contributed by atoms with Gasteiger partial charge in [-0.15, -0.1) is 0 Å². The number of carbonyl (C=O) groups excluding carboxylic acids is 2. The lowest BCUT2D eigenvalue weighted by molar-refractivity contribution is -0.141. The second-order valence-corrected chi connectivity index (χ2v) is 4.62. The number of halogens is 2. The van der Waals surface area contributed by atoms with Crippen molar-refractivity contribution >= 4 is 17.6 Å². The molecule has 0 aromatic heterocycles. The topological polar surface area (TPSA) is 58.6 Å². The molecule has 1 N–H and O–H groups in total. The molecule has 1 amide bonds. The molecule has 0 radical (unpaired) electrons. The van der Waals surface area contributed by atoms with Gasteiger partial charge in [-0.2, -0.15) is 0 Å². The molecule has 0 atom stereocenters. The number of esters is 1. The molecule has 1 saturated heterocycles. The molecule has 108 valence electrons. The average molecular weight is 284 g/mol. The largest absolute Gasteiger partial charge is 0.465 e. The van der Waals surface area contributed by atoms with Crippen molar-refractivity contribution in [1.82, 2.24) is 4.90 Å². The van der Waals surface area contributed by atoms with Crippen molar-refractivity contribution in [2.24, 2.45) is 0 Å². The number of alkyl halides is 2. The Morgan fingerprint density at radius 2 is 1.90 bits per heavy atom. The Morgan fingerprint density at radius 1 is 1.30 bits per heavy atom. The van der Waals surface area contributed by atoms with E-state index in [2.05, 4.69) is 10.1 Å². The van der Waals surface area contributed by atoms with Gasteiger partial charge < -0.3 is 10.1 Å². The van der Waals surface area contributed by atoms with Gasteiger partial charge in [-0.05, 0) is 24.3 Å². The van der Waals surface area contributed by atoms with Gasteiger partial charge in [-0.3, -0.25) is 9.69 Å². The first-order chi connectivity index (χ1) is 9.39. The Balaban J connectivity index is 1.84. The van der Waals surface area contributed by atoms with Crippen molar-refractivity contribution in [2.45, 2.75) is 5.92 Å². The summed E-state index contributed by atoms with van der Waals surface area (Å²) in [5, 5.41) is 2.57. The highest BCUT2D eigenvalue weighted by Gasteiger charge is 2.44. The van der Waals surface area contributed by atoms with Gasteiger partial charge in [-0.25, -0.2) is 13.6 Å². The summed E-state index contributed by atoms with van der Waals surface area (Å²) in [5.74, 6) is -3.51. The van der Waals surface area contributed by atoms with Crippen LogP contribution in [0.1, 0.15) is 10.4 Å². The fraction of sp³-hybridized carbons (Fsp3) is 0.385. The van der Waals surface area contributed by atoms with Gasteiger partial charge in [0.1, 0.15) is 0 Å². The Bertz CT molecular complexity index is 509. The second-order valence-electron chi connectivity index (χ2n) is 4.62. The van der Waals surface area contributed by atoms with Crippen LogP contribution in [-0.4, -0.2) is 49.4 Å². The smallest absolute Gasteiger partial charge is 0.337 e. The molecular formula is C13H14F2N2O3. The van der Waals surface area contributed by atoms with Crippen molar-refractivity contribution in [2.75, 3.05) is 32.1 Å². The van der Waals surface area contributed by atoms with E-state index in [1.54, 1.807) is 12.1 Å². The monoisotopic (exact) mass is 284 g/mol. The van der Waals surface area contributed by atoms with Crippen LogP contribution in [0.25, 0.3) is 0 Å². The number of methoxy groups -OCH3 is 1. The first kappa shape index (κ1) is 14.4. The molecular weight excluding hydrogens is 270 g/mol. The molecule has 2 rings (SSSR count). The number of likely N-dealkylation sites (tertiary alicyclic amines) is 1. The van der Waals surface area contributed by atoms with Crippen LogP contribution in [0.5, 0.6) is 0 Å². The maximum atomic E-state index is 12.6. The minimum absolute atomic E-state index is 0.0751. The summed E-state index contributed by atoms with van der Waals surface area (Å²) < 4.78 is 29.8. The summed E-state index contributed by atoms with van der Waals surface area (Å²) in [5.41, 5.74) is 0.864. The molecule has 0 aliphatic carbocycles. The van der Waals surface area contributed by atoms with Crippen LogP contribution < -0.4 is 5.32 Å². The van der Waals surface area contributed by atoms with E-state index in [1.807, 2.05) is 0 Å². The molecule has 5 nitrogen and oxygen atoms in total. The van der Waals surface area contributed by atoms with E-state index < -0.39 is 11.9 Å². The van der Waals surface area contributed by atoms with Gasteiger partial charge in [0.15, 0.2) is 0 Å². The molecule has 0 spiro atoms. The van der Waals surface area contributed by atoms with Gasteiger partial charge in [-0.1, -0.05) is 0 Å². The molecule has 1 aromatic rings. The van der Waals surface area contributed by atoms with E-state index in [9.17, 15) is 18.4 Å². The fourth-order valence-corrected chi connectivity index (χ4v) is 1.93. The Morgan fingerprint density at radius 3 is 2.40 bits per heavy atom. The number of hydrogen-bond acceptors (Lipinski definition) is 4. The van der Waals surface area contributed by atoms with Crippen LogP contribution >= 0.6 is 0 Å². The SMILES string of the molecule is COC(=O)c1ccc(NC(=O)CN2CC(F)(F)C2)cc1. The molecule has 0 bridgehead atoms. The zero-order chi connectivity index (χ0) is 14.8. The number of ether oxygens (including phenoxy) is 1. The second kappa shape index (κ2) is 5.54. The lowest BCUT2D eigenvalue weighted by atomic mass is 10.1. The van der Waals surface area contributed by atoms with Crippen molar-refractivity contribution < 1.29 is 23.1 Å². The molecule has 1 heterocycles. The fourth-order valence-electron chi connectivity index (χ4n) is 1.93. The molecule has 7 heteroatoms. The number of carbonyl (C=O) groups is 2.